The van der Waals surface area contributed by atoms with Crippen molar-refractivity contribution in [3.63, 3.8) is 0 Å². The highest BCUT2D eigenvalue weighted by molar-refractivity contribution is 6.62. The molecule has 0 unspecified atom stereocenters. The minimum Gasteiger partial charge on any atom is -0.399 e. The third-order valence-corrected chi connectivity index (χ3v) is 4.69. The summed E-state index contributed by atoms with van der Waals surface area (Å²) in [5.41, 5.74) is -1.18. The predicted molar refractivity (Wildman–Crippen MR) is 87.2 cm³/mol. The van der Waals surface area contributed by atoms with Crippen molar-refractivity contribution in [3.05, 3.63) is 30.4 Å². The first-order chi connectivity index (χ1) is 11.4. The number of aryl methyl sites for hydroxylation is 1. The van der Waals surface area contributed by atoms with Gasteiger partial charge < -0.3 is 9.31 Å². The molecule has 25 heavy (non-hydrogen) atoms. The second-order valence-corrected chi connectivity index (χ2v) is 7.16. The zero-order chi connectivity index (χ0) is 18.6. The molecule has 1 aliphatic rings. The summed E-state index contributed by atoms with van der Waals surface area (Å²) in [7, 11) is 0.757. The van der Waals surface area contributed by atoms with Gasteiger partial charge in [0.1, 0.15) is 0 Å². The Morgan fingerprint density at radius 3 is 2.24 bits per heavy atom. The summed E-state index contributed by atoms with van der Waals surface area (Å²) < 4.78 is 52.6. The number of nitrogens with zero attached hydrogens (tertiary/aromatic N) is 3. The van der Waals surface area contributed by atoms with Crippen LogP contribution in [-0.2, 0) is 22.5 Å². The number of aromatic nitrogens is 3. The molecule has 5 nitrogen and oxygen atoms in total. The summed E-state index contributed by atoms with van der Waals surface area (Å²) >= 11 is 0. The second-order valence-electron chi connectivity index (χ2n) is 7.16. The van der Waals surface area contributed by atoms with Crippen molar-refractivity contribution in [2.75, 3.05) is 0 Å². The highest BCUT2D eigenvalue weighted by Gasteiger charge is 2.52. The van der Waals surface area contributed by atoms with Crippen LogP contribution in [-0.4, -0.2) is 33.1 Å². The van der Waals surface area contributed by atoms with Gasteiger partial charge in [0, 0.05) is 42.2 Å². The molecule has 1 saturated heterocycles. The van der Waals surface area contributed by atoms with Gasteiger partial charge in [0.25, 0.3) is 0 Å². The molecule has 3 heterocycles. The van der Waals surface area contributed by atoms with Crippen molar-refractivity contribution < 1.29 is 22.5 Å². The Bertz CT molecular complexity index is 786. The van der Waals surface area contributed by atoms with Crippen molar-refractivity contribution in [2.45, 2.75) is 45.1 Å². The molecule has 0 amide bonds. The molecule has 2 aromatic rings. The van der Waals surface area contributed by atoms with Gasteiger partial charge in [-0.1, -0.05) is 6.07 Å². The monoisotopic (exact) mass is 353 g/mol. The summed E-state index contributed by atoms with van der Waals surface area (Å²) in [6.07, 6.45) is -0.305. The molecule has 9 heteroatoms. The maximum atomic E-state index is 13.2. The number of hydrogen-bond acceptors (Lipinski definition) is 4. The van der Waals surface area contributed by atoms with Crippen LogP contribution in [0.3, 0.4) is 0 Å². The highest BCUT2D eigenvalue weighted by Crippen LogP contribution is 2.38. The van der Waals surface area contributed by atoms with Gasteiger partial charge >= 0.3 is 13.3 Å². The van der Waals surface area contributed by atoms with Gasteiger partial charge in [0.2, 0.25) is 0 Å². The van der Waals surface area contributed by atoms with Crippen LogP contribution in [0.1, 0.15) is 33.4 Å². The molecule has 1 fully saturated rings. The van der Waals surface area contributed by atoms with Crippen molar-refractivity contribution in [2.24, 2.45) is 7.05 Å². The van der Waals surface area contributed by atoms with E-state index in [1.165, 1.54) is 25.6 Å². The normalized spacial score (nSPS) is 19.4. The third-order valence-electron chi connectivity index (χ3n) is 4.69. The Labute approximate surface area is 144 Å². The van der Waals surface area contributed by atoms with E-state index in [-0.39, 0.29) is 5.56 Å². The van der Waals surface area contributed by atoms with E-state index >= 15 is 0 Å². The van der Waals surface area contributed by atoms with Crippen molar-refractivity contribution >= 4 is 12.6 Å². The van der Waals surface area contributed by atoms with Crippen LogP contribution >= 0.6 is 0 Å². The van der Waals surface area contributed by atoms with Crippen molar-refractivity contribution in [1.29, 1.82) is 0 Å². The lowest BCUT2D eigenvalue weighted by Crippen LogP contribution is -2.41. The minimum atomic E-state index is -4.54. The average Bonchev–Trinajstić information content (AvgIpc) is 2.97. The molecule has 1 aliphatic heterocycles. The quantitative estimate of drug-likeness (QED) is 0.779. The predicted octanol–water partition coefficient (Wildman–Crippen LogP) is 2.80. The molecule has 0 atom stereocenters. The van der Waals surface area contributed by atoms with Crippen LogP contribution in [0.25, 0.3) is 11.1 Å². The lowest BCUT2D eigenvalue weighted by molar-refractivity contribution is -0.140. The smallest absolute Gasteiger partial charge is 0.399 e. The first kappa shape index (κ1) is 17.9. The van der Waals surface area contributed by atoms with Crippen LogP contribution in [0.15, 0.2) is 24.7 Å². The Hall–Kier alpha value is -1.87. The molecule has 0 saturated carbocycles. The first-order valence-corrected chi connectivity index (χ1v) is 7.82. The van der Waals surface area contributed by atoms with Gasteiger partial charge in [-0.15, -0.1) is 0 Å². The lowest BCUT2D eigenvalue weighted by Gasteiger charge is -2.32. The summed E-state index contributed by atoms with van der Waals surface area (Å²) in [5.74, 6) is 0. The summed E-state index contributed by atoms with van der Waals surface area (Å²) in [4.78, 5) is 4.07. The van der Waals surface area contributed by atoms with E-state index in [1.807, 2.05) is 27.7 Å². The maximum Gasteiger partial charge on any atom is 0.496 e. The molecule has 0 N–H and O–H groups in total. The summed E-state index contributed by atoms with van der Waals surface area (Å²) in [5, 5.41) is 3.53. The van der Waals surface area contributed by atoms with E-state index in [0.29, 0.717) is 11.0 Å². The number of halogens is 3. The van der Waals surface area contributed by atoms with Crippen molar-refractivity contribution in [3.8, 4) is 11.1 Å². The third kappa shape index (κ3) is 3.18. The molecule has 3 rings (SSSR count). The van der Waals surface area contributed by atoms with E-state index in [1.54, 1.807) is 6.07 Å². The fourth-order valence-electron chi connectivity index (χ4n) is 2.62. The number of hydrogen-bond donors (Lipinski definition) is 0. The van der Waals surface area contributed by atoms with Gasteiger partial charge in [-0.05, 0) is 27.7 Å². The molecule has 0 aromatic carbocycles. The Morgan fingerprint density at radius 2 is 1.68 bits per heavy atom. The zero-order valence-corrected chi connectivity index (χ0v) is 14.7. The molecule has 0 radical (unpaired) electrons. The number of rotatable bonds is 2. The number of alkyl halides is 3. The van der Waals surface area contributed by atoms with E-state index < -0.39 is 30.2 Å². The molecular weight excluding hydrogens is 334 g/mol. The Kier molecular flexibility index (Phi) is 4.00. The van der Waals surface area contributed by atoms with Gasteiger partial charge in [-0.25, -0.2) is 0 Å². The van der Waals surface area contributed by atoms with E-state index in [2.05, 4.69) is 10.1 Å². The topological polar surface area (TPSA) is 49.2 Å². The van der Waals surface area contributed by atoms with Gasteiger partial charge in [-0.2, -0.15) is 18.3 Å². The van der Waals surface area contributed by atoms with Crippen LogP contribution < -0.4 is 5.46 Å². The van der Waals surface area contributed by atoms with E-state index in [4.69, 9.17) is 9.31 Å². The summed E-state index contributed by atoms with van der Waals surface area (Å²) in [6.45, 7) is 7.64. The van der Waals surface area contributed by atoms with Crippen LogP contribution in [0.5, 0.6) is 0 Å². The molecule has 2 aromatic heterocycles. The van der Waals surface area contributed by atoms with Gasteiger partial charge in [-0.3, -0.25) is 9.67 Å². The second kappa shape index (κ2) is 5.57. The Morgan fingerprint density at radius 1 is 1.08 bits per heavy atom. The average molecular weight is 353 g/mol. The molecule has 0 aliphatic carbocycles. The minimum absolute atomic E-state index is 0.0270. The first-order valence-electron chi connectivity index (χ1n) is 7.82. The molecule has 0 spiro atoms. The van der Waals surface area contributed by atoms with E-state index in [9.17, 15) is 13.2 Å². The zero-order valence-electron chi connectivity index (χ0n) is 14.7. The molecular formula is C16H19BF3N3O2. The van der Waals surface area contributed by atoms with E-state index in [0.717, 1.165) is 4.68 Å². The fourth-order valence-corrected chi connectivity index (χ4v) is 2.62. The fraction of sp³-hybridized carbons (Fsp3) is 0.500. The number of pyridine rings is 1. The highest BCUT2D eigenvalue weighted by atomic mass is 19.4. The maximum absolute atomic E-state index is 13.2. The lowest BCUT2D eigenvalue weighted by atomic mass is 9.79. The molecule has 134 valence electrons. The van der Waals surface area contributed by atoms with Gasteiger partial charge in [0.05, 0.1) is 11.2 Å². The SMILES string of the molecule is Cn1cc(-c2cncc(B3OC(C)(C)C(C)(C)O3)c2)c(C(F)(F)F)n1. The van der Waals surface area contributed by atoms with Crippen LogP contribution in [0.2, 0.25) is 0 Å². The summed E-state index contributed by atoms with van der Waals surface area (Å²) in [6, 6.07) is 1.60. The van der Waals surface area contributed by atoms with Crippen molar-refractivity contribution in [1.82, 2.24) is 14.8 Å². The van der Waals surface area contributed by atoms with Gasteiger partial charge in [0.15, 0.2) is 5.69 Å². The standard InChI is InChI=1S/C16H19BF3N3O2/c1-14(2)15(3,4)25-17(24-14)11-6-10(7-21-8-11)12-9-23(5)22-13(12)16(18,19)20/h6-9H,1-5H3. The largest absolute Gasteiger partial charge is 0.496 e. The Balaban J connectivity index is 2.00. The van der Waals surface area contributed by atoms with Crippen LogP contribution in [0, 0.1) is 0 Å². The molecule has 0 bridgehead atoms. The van der Waals surface area contributed by atoms with Crippen LogP contribution in [0.4, 0.5) is 13.2 Å².